The minimum Gasteiger partial charge on any atom is -0.481 e. The summed E-state index contributed by atoms with van der Waals surface area (Å²) in [6.07, 6.45) is 1.11. The summed E-state index contributed by atoms with van der Waals surface area (Å²) in [5, 5.41) is 12.0. The molecule has 3 aromatic rings. The standard InChI is InChI=1S/C34H39N3O5/c1-36(20-25-12-9-19-37(22-25)21-24-10-3-2-4-11-24)33(40)31(17-18-32(38)39)35-34(41)42-23-30-28-15-7-5-13-26(28)27-14-6-8-16-29(27)30/h2-8,10-11,13-16,25,30-31H,9,12,17-23H2,1H3,(H,35,41)(H,38,39). The molecule has 1 saturated heterocycles. The van der Waals surface area contributed by atoms with E-state index < -0.39 is 18.1 Å². The number of likely N-dealkylation sites (tertiary alicyclic amines) is 1. The quantitative estimate of drug-likeness (QED) is 0.332. The molecule has 8 nitrogen and oxygen atoms in total. The first-order valence-electron chi connectivity index (χ1n) is 14.7. The number of piperidine rings is 1. The number of amides is 2. The number of alkyl carbamates (subject to hydrolysis) is 1. The molecule has 2 unspecified atom stereocenters. The second-order valence-electron chi connectivity index (χ2n) is 11.4. The van der Waals surface area contributed by atoms with Crippen LogP contribution < -0.4 is 5.32 Å². The first-order chi connectivity index (χ1) is 20.4. The summed E-state index contributed by atoms with van der Waals surface area (Å²) >= 11 is 0. The molecule has 1 aliphatic heterocycles. The second kappa shape index (κ2) is 13.7. The van der Waals surface area contributed by atoms with E-state index in [0.717, 1.165) is 54.7 Å². The van der Waals surface area contributed by atoms with Crippen LogP contribution in [0.25, 0.3) is 11.1 Å². The number of likely N-dealkylation sites (N-methyl/N-ethyl adjacent to an activating group) is 1. The molecule has 2 aliphatic rings. The van der Waals surface area contributed by atoms with E-state index in [0.29, 0.717) is 12.5 Å². The van der Waals surface area contributed by atoms with Gasteiger partial charge in [0.15, 0.2) is 0 Å². The lowest BCUT2D eigenvalue weighted by atomic mass is 9.96. The van der Waals surface area contributed by atoms with Gasteiger partial charge in [-0.3, -0.25) is 14.5 Å². The summed E-state index contributed by atoms with van der Waals surface area (Å²) in [4.78, 5) is 41.8. The number of aliphatic carboxylic acids is 1. The Hall–Kier alpha value is -4.17. The Morgan fingerprint density at radius 3 is 2.29 bits per heavy atom. The summed E-state index contributed by atoms with van der Waals surface area (Å²) in [7, 11) is 1.73. The highest BCUT2D eigenvalue weighted by Gasteiger charge is 2.31. The summed E-state index contributed by atoms with van der Waals surface area (Å²) in [6, 6.07) is 25.5. The average Bonchev–Trinajstić information content (AvgIpc) is 3.32. The van der Waals surface area contributed by atoms with Gasteiger partial charge in [-0.1, -0.05) is 78.9 Å². The molecule has 3 aromatic carbocycles. The lowest BCUT2D eigenvalue weighted by molar-refractivity contribution is -0.138. The third-order valence-electron chi connectivity index (χ3n) is 8.34. The molecule has 1 fully saturated rings. The van der Waals surface area contributed by atoms with Crippen LogP contribution in [0.5, 0.6) is 0 Å². The van der Waals surface area contributed by atoms with Crippen LogP contribution in [0.3, 0.4) is 0 Å². The zero-order valence-electron chi connectivity index (χ0n) is 24.1. The van der Waals surface area contributed by atoms with Crippen LogP contribution in [0, 0.1) is 5.92 Å². The van der Waals surface area contributed by atoms with Crippen LogP contribution >= 0.6 is 0 Å². The number of carbonyl (C=O) groups excluding carboxylic acids is 2. The van der Waals surface area contributed by atoms with Crippen molar-refractivity contribution >= 4 is 18.0 Å². The van der Waals surface area contributed by atoms with Crippen LogP contribution in [0.2, 0.25) is 0 Å². The van der Waals surface area contributed by atoms with Gasteiger partial charge in [0, 0.05) is 39.0 Å². The van der Waals surface area contributed by atoms with Crippen LogP contribution in [-0.4, -0.2) is 72.2 Å². The van der Waals surface area contributed by atoms with Crippen molar-refractivity contribution in [2.45, 2.75) is 44.2 Å². The predicted molar refractivity (Wildman–Crippen MR) is 161 cm³/mol. The largest absolute Gasteiger partial charge is 0.481 e. The lowest BCUT2D eigenvalue weighted by Gasteiger charge is -2.35. The molecule has 2 atom stereocenters. The van der Waals surface area contributed by atoms with Gasteiger partial charge >= 0.3 is 12.1 Å². The topological polar surface area (TPSA) is 99.2 Å². The molecule has 8 heteroatoms. The first-order valence-corrected chi connectivity index (χ1v) is 14.7. The van der Waals surface area contributed by atoms with Gasteiger partial charge in [0.2, 0.25) is 5.91 Å². The SMILES string of the molecule is CN(CC1CCCN(Cc2ccccc2)C1)C(=O)C(CCC(=O)O)NC(=O)OCC1c2ccccc2-c2ccccc21. The number of benzene rings is 3. The number of carboxylic acids is 1. The minimum atomic E-state index is -1.02. The molecule has 5 rings (SSSR count). The normalized spacial score (nSPS) is 17.1. The Bertz CT molecular complexity index is 1350. The number of carbonyl (C=O) groups is 3. The number of ether oxygens (including phenoxy) is 1. The number of hydrogen-bond donors (Lipinski definition) is 2. The van der Waals surface area contributed by atoms with Crippen LogP contribution in [0.1, 0.15) is 48.3 Å². The summed E-state index contributed by atoms with van der Waals surface area (Å²) in [5.41, 5.74) is 5.72. The van der Waals surface area contributed by atoms with Crippen molar-refractivity contribution < 1.29 is 24.2 Å². The molecule has 2 amide bonds. The van der Waals surface area contributed by atoms with Gasteiger partial charge in [0.05, 0.1) is 0 Å². The molecule has 42 heavy (non-hydrogen) atoms. The van der Waals surface area contributed by atoms with Gasteiger partial charge in [-0.05, 0) is 59.5 Å². The number of rotatable bonds is 11. The average molecular weight is 570 g/mol. The Morgan fingerprint density at radius 1 is 0.976 bits per heavy atom. The van der Waals surface area contributed by atoms with Gasteiger partial charge in [0.1, 0.15) is 12.6 Å². The maximum Gasteiger partial charge on any atom is 0.407 e. The maximum atomic E-state index is 13.5. The predicted octanol–water partition coefficient (Wildman–Crippen LogP) is 5.13. The fourth-order valence-corrected chi connectivity index (χ4v) is 6.34. The number of fused-ring (bicyclic) bond motifs is 3. The number of nitrogens with one attached hydrogen (secondary N) is 1. The van der Waals surface area contributed by atoms with Gasteiger partial charge in [0.25, 0.3) is 0 Å². The Labute approximate surface area is 247 Å². The lowest BCUT2D eigenvalue weighted by Crippen LogP contribution is -2.50. The molecule has 1 aliphatic carbocycles. The van der Waals surface area contributed by atoms with Gasteiger partial charge in [-0.25, -0.2) is 4.79 Å². The van der Waals surface area contributed by atoms with E-state index in [-0.39, 0.29) is 31.3 Å². The molecule has 220 valence electrons. The molecule has 1 heterocycles. The molecule has 0 spiro atoms. The smallest absolute Gasteiger partial charge is 0.407 e. The fourth-order valence-electron chi connectivity index (χ4n) is 6.34. The van der Waals surface area contributed by atoms with Crippen molar-refractivity contribution in [3.05, 3.63) is 95.6 Å². The maximum absolute atomic E-state index is 13.5. The van der Waals surface area contributed by atoms with E-state index in [9.17, 15) is 19.5 Å². The van der Waals surface area contributed by atoms with Gasteiger partial charge in [-0.2, -0.15) is 0 Å². The zero-order valence-corrected chi connectivity index (χ0v) is 24.1. The van der Waals surface area contributed by atoms with Crippen molar-refractivity contribution in [2.75, 3.05) is 33.3 Å². The molecule has 0 bridgehead atoms. The van der Waals surface area contributed by atoms with E-state index in [1.807, 2.05) is 54.6 Å². The third kappa shape index (κ3) is 7.18. The van der Waals surface area contributed by atoms with Crippen LogP contribution in [0.15, 0.2) is 78.9 Å². The first kappa shape index (κ1) is 29.3. The van der Waals surface area contributed by atoms with Crippen molar-refractivity contribution in [3.8, 4) is 11.1 Å². The molecule has 2 N–H and O–H groups in total. The highest BCUT2D eigenvalue weighted by Crippen LogP contribution is 2.44. The zero-order chi connectivity index (χ0) is 29.5. The molecule has 0 radical (unpaired) electrons. The van der Waals surface area contributed by atoms with Gasteiger partial charge < -0.3 is 20.1 Å². The molecule has 0 saturated carbocycles. The van der Waals surface area contributed by atoms with Crippen molar-refractivity contribution in [2.24, 2.45) is 5.92 Å². The highest BCUT2D eigenvalue weighted by molar-refractivity contribution is 5.86. The highest BCUT2D eigenvalue weighted by atomic mass is 16.5. The number of carboxylic acid groups (broad SMARTS) is 1. The summed E-state index contributed by atoms with van der Waals surface area (Å²) in [6.45, 7) is 3.44. The number of nitrogens with zero attached hydrogens (tertiary/aromatic N) is 2. The summed E-state index contributed by atoms with van der Waals surface area (Å²) in [5.74, 6) is -1.13. The van der Waals surface area contributed by atoms with E-state index in [4.69, 9.17) is 4.74 Å². The monoisotopic (exact) mass is 569 g/mol. The Morgan fingerprint density at radius 2 is 1.62 bits per heavy atom. The van der Waals surface area contributed by atoms with Crippen molar-refractivity contribution in [3.63, 3.8) is 0 Å². The second-order valence-corrected chi connectivity index (χ2v) is 11.4. The van der Waals surface area contributed by atoms with E-state index in [1.165, 1.54) is 5.56 Å². The molecule has 0 aromatic heterocycles. The number of hydrogen-bond acceptors (Lipinski definition) is 5. The Kier molecular flexibility index (Phi) is 9.54. The van der Waals surface area contributed by atoms with E-state index >= 15 is 0 Å². The van der Waals surface area contributed by atoms with E-state index in [1.54, 1.807) is 11.9 Å². The van der Waals surface area contributed by atoms with Crippen molar-refractivity contribution in [1.82, 2.24) is 15.1 Å². The third-order valence-corrected chi connectivity index (χ3v) is 8.34. The van der Waals surface area contributed by atoms with Crippen LogP contribution in [0.4, 0.5) is 4.79 Å². The molecular weight excluding hydrogens is 530 g/mol. The molecular formula is C34H39N3O5. The fraction of sp³-hybridized carbons (Fsp3) is 0.382. The van der Waals surface area contributed by atoms with E-state index in [2.05, 4.69) is 34.5 Å². The Balaban J connectivity index is 1.18. The van der Waals surface area contributed by atoms with Crippen LogP contribution in [-0.2, 0) is 20.9 Å². The summed E-state index contributed by atoms with van der Waals surface area (Å²) < 4.78 is 5.65. The van der Waals surface area contributed by atoms with Crippen molar-refractivity contribution in [1.29, 1.82) is 0 Å². The minimum absolute atomic E-state index is 0.00645. The van der Waals surface area contributed by atoms with Gasteiger partial charge in [-0.15, -0.1) is 0 Å².